The Balaban J connectivity index is 1.57. The number of fused-ring (bicyclic) bond motifs is 2. The van der Waals surface area contributed by atoms with Gasteiger partial charge in [-0.3, -0.25) is 0 Å². The lowest BCUT2D eigenvalue weighted by Crippen LogP contribution is -2.28. The number of nitrogens with zero attached hydrogens (tertiary/aromatic N) is 4. The van der Waals surface area contributed by atoms with Gasteiger partial charge in [0, 0.05) is 37.4 Å². The van der Waals surface area contributed by atoms with Crippen LogP contribution in [0.2, 0.25) is 5.02 Å². The van der Waals surface area contributed by atoms with E-state index in [1.807, 2.05) is 24.4 Å². The summed E-state index contributed by atoms with van der Waals surface area (Å²) in [4.78, 5) is 23.9. The molecule has 0 spiro atoms. The van der Waals surface area contributed by atoms with Gasteiger partial charge in [-0.1, -0.05) is 11.6 Å². The van der Waals surface area contributed by atoms with E-state index >= 15 is 0 Å². The Kier molecular flexibility index (Phi) is 4.26. The van der Waals surface area contributed by atoms with Crippen LogP contribution in [0.3, 0.4) is 0 Å². The summed E-state index contributed by atoms with van der Waals surface area (Å²) in [6, 6.07) is 9.27. The summed E-state index contributed by atoms with van der Waals surface area (Å²) < 4.78 is 7.33. The van der Waals surface area contributed by atoms with Crippen molar-refractivity contribution >= 4 is 34.2 Å². The zero-order valence-corrected chi connectivity index (χ0v) is 15.8. The topological polar surface area (TPSA) is 75.7 Å². The number of rotatable bonds is 2. The normalized spacial score (nSPS) is 15.2. The summed E-state index contributed by atoms with van der Waals surface area (Å²) in [5.74, 6) is 0.826. The zero-order chi connectivity index (χ0) is 19.1. The lowest BCUT2D eigenvalue weighted by molar-refractivity contribution is 0.551. The Morgan fingerprint density at radius 2 is 2.07 bits per heavy atom. The molecule has 0 amide bonds. The number of nitrogens with one attached hydrogen (secondary N) is 1. The van der Waals surface area contributed by atoms with Gasteiger partial charge in [0.05, 0.1) is 16.3 Å². The predicted molar refractivity (Wildman–Crippen MR) is 109 cm³/mol. The first-order valence-electron chi connectivity index (χ1n) is 9.23. The third-order valence-electron chi connectivity index (χ3n) is 4.96. The number of halogens is 1. The molecule has 7 nitrogen and oxygen atoms in total. The SMILES string of the molecule is O=c1oc2nc(N3CCCNCC3)ccc2cc1-c1cn2cccc(Cl)c2n1. The fourth-order valence-electron chi connectivity index (χ4n) is 3.53. The van der Waals surface area contributed by atoms with Crippen LogP contribution < -0.4 is 15.8 Å². The zero-order valence-electron chi connectivity index (χ0n) is 15.1. The van der Waals surface area contributed by atoms with Crippen molar-refractivity contribution in [2.24, 2.45) is 0 Å². The van der Waals surface area contributed by atoms with Gasteiger partial charge in [0.2, 0.25) is 5.71 Å². The number of pyridine rings is 2. The van der Waals surface area contributed by atoms with Crippen LogP contribution >= 0.6 is 11.6 Å². The van der Waals surface area contributed by atoms with Crippen molar-refractivity contribution in [3.8, 4) is 11.3 Å². The third kappa shape index (κ3) is 3.02. The quantitative estimate of drug-likeness (QED) is 0.562. The van der Waals surface area contributed by atoms with Gasteiger partial charge < -0.3 is 19.0 Å². The minimum absolute atomic E-state index is 0.338. The van der Waals surface area contributed by atoms with Crippen molar-refractivity contribution < 1.29 is 4.42 Å². The summed E-state index contributed by atoms with van der Waals surface area (Å²) in [6.45, 7) is 3.73. The van der Waals surface area contributed by atoms with E-state index in [0.717, 1.165) is 43.8 Å². The highest BCUT2D eigenvalue weighted by Gasteiger charge is 2.16. The summed E-state index contributed by atoms with van der Waals surface area (Å²) in [5.41, 5.74) is 1.38. The summed E-state index contributed by atoms with van der Waals surface area (Å²) in [5, 5.41) is 4.66. The Bertz CT molecular complexity index is 1220. The van der Waals surface area contributed by atoms with Gasteiger partial charge in [0.25, 0.3) is 0 Å². The van der Waals surface area contributed by atoms with Crippen LogP contribution in [0.15, 0.2) is 51.9 Å². The minimum Gasteiger partial charge on any atom is -0.403 e. The Morgan fingerprint density at radius 1 is 1.14 bits per heavy atom. The molecule has 28 heavy (non-hydrogen) atoms. The average Bonchev–Trinajstić information content (AvgIpc) is 2.95. The van der Waals surface area contributed by atoms with Gasteiger partial charge in [-0.25, -0.2) is 9.78 Å². The number of aromatic nitrogens is 3. The lowest BCUT2D eigenvalue weighted by Gasteiger charge is -2.20. The maximum atomic E-state index is 12.6. The Morgan fingerprint density at radius 3 is 2.96 bits per heavy atom. The summed E-state index contributed by atoms with van der Waals surface area (Å²) in [6.07, 6.45) is 4.66. The van der Waals surface area contributed by atoms with Gasteiger partial charge in [0.15, 0.2) is 5.65 Å². The molecule has 1 aliphatic rings. The molecule has 4 aromatic heterocycles. The fourth-order valence-corrected chi connectivity index (χ4v) is 3.74. The molecule has 8 heteroatoms. The molecule has 0 aliphatic carbocycles. The van der Waals surface area contributed by atoms with Crippen molar-refractivity contribution in [1.82, 2.24) is 19.7 Å². The number of anilines is 1. The van der Waals surface area contributed by atoms with E-state index in [-0.39, 0.29) is 0 Å². The van der Waals surface area contributed by atoms with Gasteiger partial charge in [0.1, 0.15) is 5.82 Å². The van der Waals surface area contributed by atoms with Gasteiger partial charge in [-0.2, -0.15) is 4.98 Å². The molecule has 5 heterocycles. The van der Waals surface area contributed by atoms with E-state index in [2.05, 4.69) is 20.2 Å². The Labute approximate surface area is 165 Å². The summed E-state index contributed by atoms with van der Waals surface area (Å²) in [7, 11) is 0. The standard InChI is InChI=1S/C20H18ClN5O2/c21-15-3-1-8-26-12-16(23-18(15)26)14-11-13-4-5-17(24-19(13)28-20(14)27)25-9-2-6-22-7-10-25/h1,3-5,8,11-12,22H,2,6-7,9-10H2. The summed E-state index contributed by atoms with van der Waals surface area (Å²) >= 11 is 6.19. The second-order valence-electron chi connectivity index (χ2n) is 6.82. The van der Waals surface area contributed by atoms with E-state index in [9.17, 15) is 4.79 Å². The molecular weight excluding hydrogens is 378 g/mol. The fraction of sp³-hybridized carbons (Fsp3) is 0.250. The first-order valence-corrected chi connectivity index (χ1v) is 9.61. The van der Waals surface area contributed by atoms with Crippen molar-refractivity contribution in [1.29, 1.82) is 0 Å². The molecule has 142 valence electrons. The number of imidazole rings is 1. The van der Waals surface area contributed by atoms with Gasteiger partial charge >= 0.3 is 5.63 Å². The van der Waals surface area contributed by atoms with Crippen LogP contribution in [-0.4, -0.2) is 40.5 Å². The highest BCUT2D eigenvalue weighted by molar-refractivity contribution is 6.33. The first-order chi connectivity index (χ1) is 13.7. The molecule has 0 saturated carbocycles. The third-order valence-corrected chi connectivity index (χ3v) is 5.25. The molecule has 0 aromatic carbocycles. The molecule has 0 unspecified atom stereocenters. The van der Waals surface area contributed by atoms with Crippen LogP contribution in [0, 0.1) is 0 Å². The largest absolute Gasteiger partial charge is 0.403 e. The van der Waals surface area contributed by atoms with E-state index in [1.54, 1.807) is 22.7 Å². The predicted octanol–water partition coefficient (Wildman–Crippen LogP) is 2.96. The minimum atomic E-state index is -0.464. The van der Waals surface area contributed by atoms with Crippen molar-refractivity contribution in [3.05, 3.63) is 58.2 Å². The van der Waals surface area contributed by atoms with E-state index in [1.165, 1.54) is 0 Å². The van der Waals surface area contributed by atoms with Crippen molar-refractivity contribution in [3.63, 3.8) is 0 Å². The first kappa shape index (κ1) is 17.2. The van der Waals surface area contributed by atoms with E-state index in [0.29, 0.717) is 27.6 Å². The molecule has 1 aliphatic heterocycles. The molecule has 1 fully saturated rings. The molecule has 1 N–H and O–H groups in total. The van der Waals surface area contributed by atoms with Crippen LogP contribution in [-0.2, 0) is 0 Å². The second kappa shape index (κ2) is 6.92. The molecule has 4 aromatic rings. The maximum absolute atomic E-state index is 12.6. The van der Waals surface area contributed by atoms with Crippen molar-refractivity contribution in [2.45, 2.75) is 6.42 Å². The van der Waals surface area contributed by atoms with Gasteiger partial charge in [-0.05, 0) is 43.3 Å². The lowest BCUT2D eigenvalue weighted by atomic mass is 10.2. The molecule has 5 rings (SSSR count). The van der Waals surface area contributed by atoms with Crippen molar-refractivity contribution in [2.75, 3.05) is 31.1 Å². The monoisotopic (exact) mass is 395 g/mol. The molecule has 0 bridgehead atoms. The molecule has 0 atom stereocenters. The molecule has 1 saturated heterocycles. The highest BCUT2D eigenvalue weighted by Crippen LogP contribution is 2.24. The number of hydrogen-bond acceptors (Lipinski definition) is 6. The Hall–Kier alpha value is -2.90. The maximum Gasteiger partial charge on any atom is 0.347 e. The van der Waals surface area contributed by atoms with Crippen LogP contribution in [0.5, 0.6) is 0 Å². The smallest absolute Gasteiger partial charge is 0.347 e. The van der Waals surface area contributed by atoms with Gasteiger partial charge in [-0.15, -0.1) is 0 Å². The van der Waals surface area contributed by atoms with Crippen LogP contribution in [0.25, 0.3) is 28.0 Å². The molecule has 0 radical (unpaired) electrons. The highest BCUT2D eigenvalue weighted by atomic mass is 35.5. The second-order valence-corrected chi connectivity index (χ2v) is 7.22. The van der Waals surface area contributed by atoms with E-state index < -0.39 is 5.63 Å². The van der Waals surface area contributed by atoms with Crippen LogP contribution in [0.4, 0.5) is 5.82 Å². The number of hydrogen-bond donors (Lipinski definition) is 1. The molecular formula is C20H18ClN5O2. The van der Waals surface area contributed by atoms with Crippen LogP contribution in [0.1, 0.15) is 6.42 Å². The van der Waals surface area contributed by atoms with E-state index in [4.69, 9.17) is 16.0 Å². The average molecular weight is 396 g/mol.